The molecule has 0 fully saturated rings. The highest BCUT2D eigenvalue weighted by Crippen LogP contribution is 2.23. The van der Waals surface area contributed by atoms with E-state index in [1.165, 1.54) is 5.56 Å². The topological polar surface area (TPSA) is 41.5 Å². The van der Waals surface area contributed by atoms with Crippen molar-refractivity contribution in [2.45, 2.75) is 32.9 Å². The summed E-state index contributed by atoms with van der Waals surface area (Å²) in [4.78, 5) is 0. The first-order chi connectivity index (χ1) is 10.1. The molecule has 0 saturated carbocycles. The second kappa shape index (κ2) is 7.14. The molecule has 0 aromatic heterocycles. The van der Waals surface area contributed by atoms with Crippen LogP contribution in [0.15, 0.2) is 48.5 Å². The van der Waals surface area contributed by atoms with Gasteiger partial charge in [0.2, 0.25) is 0 Å². The number of benzene rings is 2. The molecule has 0 aliphatic rings. The van der Waals surface area contributed by atoms with Crippen molar-refractivity contribution in [3.05, 3.63) is 59.7 Å². The molecule has 21 heavy (non-hydrogen) atoms. The van der Waals surface area contributed by atoms with E-state index in [1.54, 1.807) is 12.1 Å². The average molecular weight is 285 g/mol. The van der Waals surface area contributed by atoms with Gasteiger partial charge >= 0.3 is 0 Å². The monoisotopic (exact) mass is 285 g/mol. The molecule has 0 bridgehead atoms. The summed E-state index contributed by atoms with van der Waals surface area (Å²) in [6.45, 7) is 6.89. The Morgan fingerprint density at radius 2 is 1.67 bits per heavy atom. The van der Waals surface area contributed by atoms with E-state index in [9.17, 15) is 5.11 Å². The third-order valence-electron chi connectivity index (χ3n) is 3.56. The van der Waals surface area contributed by atoms with E-state index in [4.69, 9.17) is 4.74 Å². The Hall–Kier alpha value is -2.00. The van der Waals surface area contributed by atoms with E-state index >= 15 is 0 Å². The minimum atomic E-state index is 0.165. The van der Waals surface area contributed by atoms with Crippen LogP contribution in [0.1, 0.15) is 44.0 Å². The van der Waals surface area contributed by atoms with E-state index in [-0.39, 0.29) is 12.1 Å². The molecular weight excluding hydrogens is 262 g/mol. The van der Waals surface area contributed by atoms with Crippen molar-refractivity contribution in [1.29, 1.82) is 0 Å². The highest BCUT2D eigenvalue weighted by Gasteiger charge is 2.11. The molecule has 0 heterocycles. The van der Waals surface area contributed by atoms with Gasteiger partial charge < -0.3 is 15.2 Å². The molecule has 0 amide bonds. The quantitative estimate of drug-likeness (QED) is 0.835. The van der Waals surface area contributed by atoms with Crippen LogP contribution in [0, 0.1) is 0 Å². The number of nitrogens with one attached hydrogen (secondary N) is 1. The van der Waals surface area contributed by atoms with Crippen molar-refractivity contribution in [2.24, 2.45) is 0 Å². The molecule has 2 N–H and O–H groups in total. The molecule has 0 aliphatic heterocycles. The van der Waals surface area contributed by atoms with Crippen LogP contribution in [0.25, 0.3) is 0 Å². The first-order valence-electron chi connectivity index (χ1n) is 7.38. The first kappa shape index (κ1) is 15.4. The Bertz CT molecular complexity index is 566. The van der Waals surface area contributed by atoms with E-state index < -0.39 is 0 Å². The van der Waals surface area contributed by atoms with Crippen LogP contribution in [0.3, 0.4) is 0 Å². The lowest BCUT2D eigenvalue weighted by Gasteiger charge is -2.21. The zero-order valence-corrected chi connectivity index (χ0v) is 12.8. The van der Waals surface area contributed by atoms with Gasteiger partial charge in [-0.3, -0.25) is 0 Å². The van der Waals surface area contributed by atoms with Crippen LogP contribution in [-0.4, -0.2) is 11.7 Å². The van der Waals surface area contributed by atoms with Gasteiger partial charge in [-0.05, 0) is 56.2 Å². The van der Waals surface area contributed by atoms with Gasteiger partial charge in [0.05, 0.1) is 6.61 Å². The van der Waals surface area contributed by atoms with Crippen LogP contribution in [-0.2, 0) is 0 Å². The Morgan fingerprint density at radius 3 is 2.29 bits per heavy atom. The summed E-state index contributed by atoms with van der Waals surface area (Å²) >= 11 is 0. The van der Waals surface area contributed by atoms with Crippen molar-refractivity contribution >= 4 is 0 Å². The predicted molar refractivity (Wildman–Crippen MR) is 85.7 cm³/mol. The largest absolute Gasteiger partial charge is 0.508 e. The molecule has 3 nitrogen and oxygen atoms in total. The van der Waals surface area contributed by atoms with Crippen LogP contribution in [0.4, 0.5) is 0 Å². The summed E-state index contributed by atoms with van der Waals surface area (Å²) in [5.41, 5.74) is 2.29. The minimum Gasteiger partial charge on any atom is -0.508 e. The Labute approximate surface area is 126 Å². The zero-order valence-electron chi connectivity index (χ0n) is 12.8. The van der Waals surface area contributed by atoms with E-state index in [2.05, 4.69) is 31.3 Å². The molecule has 0 radical (unpaired) electrons. The fraction of sp³-hybridized carbons (Fsp3) is 0.333. The lowest BCUT2D eigenvalue weighted by molar-refractivity contribution is 0.340. The lowest BCUT2D eigenvalue weighted by atomic mass is 10.0. The summed E-state index contributed by atoms with van der Waals surface area (Å²) in [5.74, 6) is 1.20. The maximum absolute atomic E-state index is 9.55. The molecule has 2 aromatic carbocycles. The Balaban J connectivity index is 2.01. The van der Waals surface area contributed by atoms with Gasteiger partial charge in [0, 0.05) is 12.1 Å². The number of phenols is 1. The van der Waals surface area contributed by atoms with Crippen molar-refractivity contribution in [3.63, 3.8) is 0 Å². The fourth-order valence-electron chi connectivity index (χ4n) is 2.38. The van der Waals surface area contributed by atoms with E-state index in [0.717, 1.165) is 11.3 Å². The fourth-order valence-corrected chi connectivity index (χ4v) is 2.38. The summed E-state index contributed by atoms with van der Waals surface area (Å²) in [6.07, 6.45) is 0. The normalized spacial score (nSPS) is 13.7. The second-order valence-corrected chi connectivity index (χ2v) is 5.21. The third-order valence-corrected chi connectivity index (χ3v) is 3.56. The van der Waals surface area contributed by atoms with Crippen LogP contribution in [0.5, 0.6) is 11.5 Å². The Morgan fingerprint density at radius 1 is 1.00 bits per heavy atom. The highest BCUT2D eigenvalue weighted by molar-refractivity contribution is 5.31. The van der Waals surface area contributed by atoms with Crippen molar-refractivity contribution in [1.82, 2.24) is 5.32 Å². The molecule has 0 aliphatic carbocycles. The first-order valence-corrected chi connectivity index (χ1v) is 7.38. The van der Waals surface area contributed by atoms with Gasteiger partial charge in [-0.2, -0.15) is 0 Å². The Kier molecular flexibility index (Phi) is 5.23. The maximum atomic E-state index is 9.55. The average Bonchev–Trinajstić information content (AvgIpc) is 2.48. The summed E-state index contributed by atoms with van der Waals surface area (Å²) in [6, 6.07) is 15.9. The molecule has 0 saturated heterocycles. The molecule has 112 valence electrons. The SMILES string of the molecule is CCOc1ccc(C(C)NC(C)c2cccc(O)c2)cc1. The van der Waals surface area contributed by atoms with Gasteiger partial charge in [0.15, 0.2) is 0 Å². The van der Waals surface area contributed by atoms with Crippen molar-refractivity contribution < 1.29 is 9.84 Å². The van der Waals surface area contributed by atoms with Gasteiger partial charge in [-0.1, -0.05) is 24.3 Å². The van der Waals surface area contributed by atoms with Crippen LogP contribution < -0.4 is 10.1 Å². The molecule has 2 unspecified atom stereocenters. The van der Waals surface area contributed by atoms with Crippen LogP contribution in [0.2, 0.25) is 0 Å². The molecule has 2 aromatic rings. The van der Waals surface area contributed by atoms with E-state index in [1.807, 2.05) is 31.2 Å². The van der Waals surface area contributed by atoms with Gasteiger partial charge in [-0.25, -0.2) is 0 Å². The number of hydrogen-bond acceptors (Lipinski definition) is 3. The summed E-state index contributed by atoms with van der Waals surface area (Å²) < 4.78 is 5.46. The summed E-state index contributed by atoms with van der Waals surface area (Å²) in [5, 5.41) is 13.1. The van der Waals surface area contributed by atoms with Gasteiger partial charge in [0.1, 0.15) is 11.5 Å². The van der Waals surface area contributed by atoms with Crippen molar-refractivity contribution in [3.8, 4) is 11.5 Å². The predicted octanol–water partition coefficient (Wildman–Crippen LogP) is 4.20. The number of ether oxygens (including phenoxy) is 1. The van der Waals surface area contributed by atoms with Gasteiger partial charge in [0.25, 0.3) is 0 Å². The van der Waals surface area contributed by atoms with Crippen molar-refractivity contribution in [2.75, 3.05) is 6.61 Å². The highest BCUT2D eigenvalue weighted by atomic mass is 16.5. The molecule has 3 heteroatoms. The standard InChI is InChI=1S/C18H23NO2/c1-4-21-18-10-8-15(9-11-18)13(2)19-14(3)16-6-5-7-17(20)12-16/h5-14,19-20H,4H2,1-3H3. The van der Waals surface area contributed by atoms with Gasteiger partial charge in [-0.15, -0.1) is 0 Å². The number of rotatable bonds is 6. The molecule has 2 atom stereocenters. The number of aromatic hydroxyl groups is 1. The van der Waals surface area contributed by atoms with Crippen LogP contribution >= 0.6 is 0 Å². The smallest absolute Gasteiger partial charge is 0.119 e. The minimum absolute atomic E-state index is 0.165. The molecule has 2 rings (SSSR count). The zero-order chi connectivity index (χ0) is 15.2. The number of hydrogen-bond donors (Lipinski definition) is 2. The number of phenolic OH excluding ortho intramolecular Hbond substituents is 1. The maximum Gasteiger partial charge on any atom is 0.119 e. The molecular formula is C18H23NO2. The second-order valence-electron chi connectivity index (χ2n) is 5.21. The molecule has 0 spiro atoms. The third kappa shape index (κ3) is 4.23. The van der Waals surface area contributed by atoms with E-state index in [0.29, 0.717) is 12.4 Å². The summed E-state index contributed by atoms with van der Waals surface area (Å²) in [7, 11) is 0. The lowest BCUT2D eigenvalue weighted by Crippen LogP contribution is -2.22.